The number of hydrogen-bond acceptors (Lipinski definition) is 8. The number of aromatic nitrogens is 4. The number of fused-ring (bicyclic) bond motifs is 1. The zero-order valence-electron chi connectivity index (χ0n) is 24.9. The summed E-state index contributed by atoms with van der Waals surface area (Å²) < 4.78 is 6.72. The highest BCUT2D eigenvalue weighted by Crippen LogP contribution is 2.21. The van der Waals surface area contributed by atoms with Gasteiger partial charge in [-0.25, -0.2) is 9.78 Å². The molecule has 12 heteroatoms. The summed E-state index contributed by atoms with van der Waals surface area (Å²) in [5.74, 6) is -1.87. The van der Waals surface area contributed by atoms with E-state index >= 15 is 0 Å². The van der Waals surface area contributed by atoms with Crippen molar-refractivity contribution in [3.05, 3.63) is 57.0 Å². The molecule has 12 nitrogen and oxygen atoms in total. The lowest BCUT2D eigenvalue weighted by Crippen LogP contribution is -2.48. The third-order valence-electron chi connectivity index (χ3n) is 7.49. The Balaban J connectivity index is 1.57. The van der Waals surface area contributed by atoms with Crippen LogP contribution in [0.15, 0.2) is 23.1 Å². The summed E-state index contributed by atoms with van der Waals surface area (Å²) in [6.07, 6.45) is 2.40. The summed E-state index contributed by atoms with van der Waals surface area (Å²) >= 11 is 0. The Bertz CT molecular complexity index is 1570. The summed E-state index contributed by atoms with van der Waals surface area (Å²) in [5, 5.41) is 5.53. The third-order valence-corrected chi connectivity index (χ3v) is 7.49. The average molecular weight is 579 g/mol. The van der Waals surface area contributed by atoms with Crippen LogP contribution in [-0.2, 0) is 19.1 Å². The van der Waals surface area contributed by atoms with Gasteiger partial charge in [0.05, 0.1) is 22.8 Å². The van der Waals surface area contributed by atoms with Crippen LogP contribution in [0.25, 0.3) is 11.0 Å². The minimum Gasteiger partial charge on any atom is -0.454 e. The summed E-state index contributed by atoms with van der Waals surface area (Å²) in [7, 11) is 0. The first-order valence-corrected chi connectivity index (χ1v) is 14.2. The van der Waals surface area contributed by atoms with Crippen molar-refractivity contribution >= 4 is 34.6 Å². The van der Waals surface area contributed by atoms with Gasteiger partial charge in [0.25, 0.3) is 5.56 Å². The standard InChI is InChI=1S/C30H38N6O6/c1-15(2)11-23(36-10-8-21-26(29(36)40)34-19(6)33-21)28(39)35-22(13-20-7-9-31-27(20)38)24(37)14-42-30(41)25-16(3)12-17(4)32-18(25)5/h8,10,12,15,20,22-23H,7,9,11,13-14H2,1-6H3,(H,31,38)(H,33,34)(H,35,39)/t20-,22-,23-/m0/s1. The van der Waals surface area contributed by atoms with E-state index in [0.717, 1.165) is 5.69 Å². The minimum absolute atomic E-state index is 0.0390. The van der Waals surface area contributed by atoms with Crippen LogP contribution >= 0.6 is 0 Å². The number of Topliss-reactive ketones (excluding diaryl/α,β-unsaturated/α-hetero) is 1. The van der Waals surface area contributed by atoms with Gasteiger partial charge in [-0.1, -0.05) is 13.8 Å². The Morgan fingerprint density at radius 3 is 2.52 bits per heavy atom. The number of ether oxygens (including phenoxy) is 1. The Labute approximate surface area is 243 Å². The molecule has 0 radical (unpaired) electrons. The van der Waals surface area contributed by atoms with E-state index in [0.29, 0.717) is 42.0 Å². The predicted octanol–water partition coefficient (Wildman–Crippen LogP) is 2.38. The van der Waals surface area contributed by atoms with Gasteiger partial charge in [0, 0.05) is 24.4 Å². The number of rotatable bonds is 11. The van der Waals surface area contributed by atoms with Gasteiger partial charge in [-0.15, -0.1) is 0 Å². The maximum atomic E-state index is 13.8. The number of pyridine rings is 2. The monoisotopic (exact) mass is 578 g/mol. The van der Waals surface area contributed by atoms with Crippen molar-refractivity contribution in [2.24, 2.45) is 11.8 Å². The number of H-pyrrole nitrogens is 1. The molecule has 0 aromatic carbocycles. The molecule has 0 unspecified atom stereocenters. The number of nitrogens with one attached hydrogen (secondary N) is 3. The molecular weight excluding hydrogens is 540 g/mol. The molecule has 1 aliphatic rings. The number of carbonyl (C=O) groups excluding carboxylic acids is 4. The van der Waals surface area contributed by atoms with Gasteiger partial charge in [0.15, 0.2) is 12.4 Å². The molecule has 3 atom stereocenters. The van der Waals surface area contributed by atoms with Gasteiger partial charge in [0.2, 0.25) is 11.8 Å². The Morgan fingerprint density at radius 2 is 1.88 bits per heavy atom. The van der Waals surface area contributed by atoms with E-state index in [4.69, 9.17) is 4.74 Å². The highest BCUT2D eigenvalue weighted by Gasteiger charge is 2.34. The number of aryl methyl sites for hydroxylation is 4. The molecule has 1 fully saturated rings. The van der Waals surface area contributed by atoms with Crippen molar-refractivity contribution in [3.63, 3.8) is 0 Å². The lowest BCUT2D eigenvalue weighted by Gasteiger charge is -2.25. The van der Waals surface area contributed by atoms with Crippen molar-refractivity contribution in [2.75, 3.05) is 13.2 Å². The molecule has 0 saturated carbocycles. The SMILES string of the molecule is Cc1cc(C)c(C(=O)OCC(=O)[C@H](C[C@@H]2CCNC2=O)NC(=O)[C@H](CC(C)C)n2ccc3nc(C)[nH]c3c2=O)c(C)n1. The molecule has 3 aromatic heterocycles. The lowest BCUT2D eigenvalue weighted by molar-refractivity contribution is -0.132. The number of esters is 1. The number of amides is 2. The summed E-state index contributed by atoms with van der Waals surface area (Å²) in [5.41, 5.74) is 2.58. The summed E-state index contributed by atoms with van der Waals surface area (Å²) in [6.45, 7) is 10.7. The first-order valence-electron chi connectivity index (χ1n) is 14.2. The molecule has 0 bridgehead atoms. The largest absolute Gasteiger partial charge is 0.454 e. The number of carbonyl (C=O) groups is 4. The average Bonchev–Trinajstić information content (AvgIpc) is 3.49. The van der Waals surface area contributed by atoms with Gasteiger partial charge < -0.3 is 24.9 Å². The Kier molecular flexibility index (Phi) is 9.23. The van der Waals surface area contributed by atoms with Gasteiger partial charge in [-0.2, -0.15) is 0 Å². The molecule has 4 rings (SSSR count). The highest BCUT2D eigenvalue weighted by atomic mass is 16.5. The maximum Gasteiger partial charge on any atom is 0.340 e. The third kappa shape index (κ3) is 6.75. The van der Waals surface area contributed by atoms with Crippen LogP contribution in [0, 0.1) is 39.5 Å². The van der Waals surface area contributed by atoms with Gasteiger partial charge in [-0.3, -0.25) is 24.2 Å². The van der Waals surface area contributed by atoms with E-state index in [1.54, 1.807) is 32.9 Å². The zero-order valence-corrected chi connectivity index (χ0v) is 24.9. The second-order valence-electron chi connectivity index (χ2n) is 11.4. The van der Waals surface area contributed by atoms with Crippen molar-refractivity contribution in [1.82, 2.24) is 30.2 Å². The number of nitrogens with zero attached hydrogens (tertiary/aromatic N) is 3. The van der Waals surface area contributed by atoms with Crippen LogP contribution in [0.3, 0.4) is 0 Å². The summed E-state index contributed by atoms with van der Waals surface area (Å²) in [6, 6.07) is 1.38. The van der Waals surface area contributed by atoms with Gasteiger partial charge in [-0.05, 0) is 70.6 Å². The van der Waals surface area contributed by atoms with Crippen LogP contribution in [-0.4, -0.2) is 62.3 Å². The molecule has 224 valence electrons. The molecule has 42 heavy (non-hydrogen) atoms. The van der Waals surface area contributed by atoms with Crippen LogP contribution in [0.2, 0.25) is 0 Å². The normalized spacial score (nSPS) is 16.4. The topological polar surface area (TPSA) is 165 Å². The molecule has 4 heterocycles. The van der Waals surface area contributed by atoms with Gasteiger partial charge >= 0.3 is 5.97 Å². The van der Waals surface area contributed by atoms with Crippen LogP contribution < -0.4 is 16.2 Å². The first kappa shape index (κ1) is 30.6. The predicted molar refractivity (Wildman–Crippen MR) is 155 cm³/mol. The molecule has 3 N–H and O–H groups in total. The van der Waals surface area contributed by atoms with Crippen LogP contribution in [0.5, 0.6) is 0 Å². The van der Waals surface area contributed by atoms with E-state index in [2.05, 4.69) is 25.6 Å². The van der Waals surface area contributed by atoms with Gasteiger partial charge in [0.1, 0.15) is 17.4 Å². The molecule has 0 aliphatic carbocycles. The maximum absolute atomic E-state index is 13.8. The molecular formula is C30H38N6O6. The molecule has 1 aliphatic heterocycles. The second kappa shape index (κ2) is 12.7. The van der Waals surface area contributed by atoms with E-state index in [9.17, 15) is 24.0 Å². The van der Waals surface area contributed by atoms with E-state index < -0.39 is 47.8 Å². The summed E-state index contributed by atoms with van der Waals surface area (Å²) in [4.78, 5) is 77.3. The van der Waals surface area contributed by atoms with Crippen molar-refractivity contribution in [2.45, 2.75) is 72.9 Å². The molecule has 2 amide bonds. The quantitative estimate of drug-likeness (QED) is 0.292. The number of imidazole rings is 1. The lowest BCUT2D eigenvalue weighted by atomic mass is 9.95. The zero-order chi connectivity index (χ0) is 30.7. The first-order chi connectivity index (χ1) is 19.8. The van der Waals surface area contributed by atoms with Crippen LogP contribution in [0.1, 0.15) is 72.3 Å². The van der Waals surface area contributed by atoms with Crippen molar-refractivity contribution < 1.29 is 23.9 Å². The fourth-order valence-electron chi connectivity index (χ4n) is 5.51. The van der Waals surface area contributed by atoms with Crippen molar-refractivity contribution in [1.29, 1.82) is 0 Å². The number of aromatic amines is 1. The molecule has 1 saturated heterocycles. The van der Waals surface area contributed by atoms with E-state index in [1.165, 1.54) is 10.8 Å². The highest BCUT2D eigenvalue weighted by molar-refractivity contribution is 5.96. The van der Waals surface area contributed by atoms with E-state index in [-0.39, 0.29) is 29.3 Å². The number of hydrogen-bond donors (Lipinski definition) is 3. The fourth-order valence-corrected chi connectivity index (χ4v) is 5.51. The smallest absolute Gasteiger partial charge is 0.340 e. The Hall–Kier alpha value is -4.35. The van der Waals surface area contributed by atoms with E-state index in [1.807, 2.05) is 20.8 Å². The van der Waals surface area contributed by atoms with Crippen LogP contribution in [0.4, 0.5) is 0 Å². The fraction of sp³-hybridized carbons (Fsp3) is 0.500. The molecule has 0 spiro atoms. The minimum atomic E-state index is -1.11. The number of ketones is 1. The van der Waals surface area contributed by atoms with Crippen molar-refractivity contribution in [3.8, 4) is 0 Å². The molecule has 3 aromatic rings. The second-order valence-corrected chi connectivity index (χ2v) is 11.4. The Morgan fingerprint density at radius 1 is 1.14 bits per heavy atom.